The van der Waals surface area contributed by atoms with Crippen molar-refractivity contribution in [2.24, 2.45) is 5.10 Å². The summed E-state index contributed by atoms with van der Waals surface area (Å²) in [7, 11) is 3.17. The molecule has 2 aliphatic rings. The summed E-state index contributed by atoms with van der Waals surface area (Å²) in [6.45, 7) is 3.37. The SMILES string of the molecule is COc1ccc(OC)c([C@@H]2CC(c3cccs3)=NN2C(=O)CN(CCN2CCOCC2)C(=O)c2cccc(F)c2)c1. The van der Waals surface area contributed by atoms with Gasteiger partial charge in [0.2, 0.25) is 0 Å². The Balaban J connectivity index is 1.44. The maximum absolute atomic E-state index is 14.0. The van der Waals surface area contributed by atoms with Gasteiger partial charge in [-0.2, -0.15) is 5.10 Å². The normalized spacial score (nSPS) is 17.3. The fraction of sp³-hybridized carbons (Fsp3) is 0.367. The van der Waals surface area contributed by atoms with Crippen molar-refractivity contribution >= 4 is 28.9 Å². The second kappa shape index (κ2) is 13.2. The van der Waals surface area contributed by atoms with Crippen LogP contribution in [0.3, 0.4) is 0 Å². The molecule has 0 bridgehead atoms. The molecule has 2 amide bonds. The van der Waals surface area contributed by atoms with Crippen molar-refractivity contribution < 1.29 is 28.2 Å². The quantitative estimate of drug-likeness (QED) is 0.360. The highest BCUT2D eigenvalue weighted by Gasteiger charge is 2.36. The van der Waals surface area contributed by atoms with Crippen molar-refractivity contribution in [2.45, 2.75) is 12.5 Å². The lowest BCUT2D eigenvalue weighted by Gasteiger charge is -2.31. The first-order chi connectivity index (χ1) is 20.0. The number of carbonyl (C=O) groups excluding carboxylic acids is 2. The molecule has 2 aliphatic heterocycles. The number of hydrogen-bond acceptors (Lipinski definition) is 8. The number of halogens is 1. The molecule has 11 heteroatoms. The van der Waals surface area contributed by atoms with Crippen LogP contribution in [-0.2, 0) is 9.53 Å². The van der Waals surface area contributed by atoms with Crippen molar-refractivity contribution in [3.05, 3.63) is 81.8 Å². The Bertz CT molecular complexity index is 1390. The molecule has 0 radical (unpaired) electrons. The fourth-order valence-electron chi connectivity index (χ4n) is 5.05. The molecule has 0 aliphatic carbocycles. The molecule has 1 fully saturated rings. The predicted octanol–water partition coefficient (Wildman–Crippen LogP) is 4.06. The summed E-state index contributed by atoms with van der Waals surface area (Å²) in [5.41, 5.74) is 1.72. The second-order valence-corrected chi connectivity index (χ2v) is 10.7. The van der Waals surface area contributed by atoms with Crippen LogP contribution in [0.25, 0.3) is 0 Å². The lowest BCUT2D eigenvalue weighted by Crippen LogP contribution is -2.46. The number of rotatable bonds is 10. The number of methoxy groups -OCH3 is 2. The fourth-order valence-corrected chi connectivity index (χ4v) is 5.77. The Morgan fingerprint density at radius 1 is 1.10 bits per heavy atom. The van der Waals surface area contributed by atoms with E-state index in [9.17, 15) is 14.0 Å². The van der Waals surface area contributed by atoms with Crippen LogP contribution in [0.5, 0.6) is 11.5 Å². The zero-order valence-electron chi connectivity index (χ0n) is 23.1. The molecule has 0 saturated carbocycles. The lowest BCUT2D eigenvalue weighted by molar-refractivity contribution is -0.133. The molecule has 216 valence electrons. The van der Waals surface area contributed by atoms with Gasteiger partial charge in [-0.15, -0.1) is 11.3 Å². The molecule has 1 atom stereocenters. The largest absolute Gasteiger partial charge is 0.497 e. The van der Waals surface area contributed by atoms with Gasteiger partial charge >= 0.3 is 0 Å². The number of benzene rings is 2. The zero-order valence-corrected chi connectivity index (χ0v) is 23.9. The molecule has 5 rings (SSSR count). The van der Waals surface area contributed by atoms with Crippen molar-refractivity contribution in [1.29, 1.82) is 0 Å². The zero-order chi connectivity index (χ0) is 28.8. The molecule has 3 heterocycles. The third-order valence-electron chi connectivity index (χ3n) is 7.24. The summed E-state index contributed by atoms with van der Waals surface area (Å²) in [5, 5.41) is 8.18. The highest BCUT2D eigenvalue weighted by molar-refractivity contribution is 7.12. The van der Waals surface area contributed by atoms with Gasteiger partial charge in [-0.1, -0.05) is 12.1 Å². The number of morpholine rings is 1. The number of thiophene rings is 1. The molecule has 0 N–H and O–H groups in total. The average Bonchev–Trinajstić information content (AvgIpc) is 3.70. The first-order valence-electron chi connectivity index (χ1n) is 13.5. The van der Waals surface area contributed by atoms with Gasteiger partial charge in [0.1, 0.15) is 23.9 Å². The molecule has 1 saturated heterocycles. The maximum atomic E-state index is 14.0. The minimum Gasteiger partial charge on any atom is -0.497 e. The van der Waals surface area contributed by atoms with Crippen LogP contribution in [0, 0.1) is 5.82 Å². The first-order valence-corrected chi connectivity index (χ1v) is 14.3. The Labute approximate surface area is 242 Å². The Hall–Kier alpha value is -3.80. The first kappa shape index (κ1) is 28.7. The van der Waals surface area contributed by atoms with Crippen LogP contribution in [0.2, 0.25) is 0 Å². The minimum atomic E-state index is -0.509. The van der Waals surface area contributed by atoms with Crippen LogP contribution >= 0.6 is 11.3 Å². The van der Waals surface area contributed by atoms with E-state index in [1.165, 1.54) is 28.1 Å². The van der Waals surface area contributed by atoms with E-state index in [0.29, 0.717) is 44.2 Å². The third kappa shape index (κ3) is 6.75. The molecular weight excluding hydrogens is 547 g/mol. The van der Waals surface area contributed by atoms with E-state index in [2.05, 4.69) is 4.90 Å². The van der Waals surface area contributed by atoms with Gasteiger partial charge in [0.25, 0.3) is 11.8 Å². The van der Waals surface area contributed by atoms with Crippen LogP contribution in [0.15, 0.2) is 65.1 Å². The number of nitrogens with zero attached hydrogens (tertiary/aromatic N) is 4. The third-order valence-corrected chi connectivity index (χ3v) is 8.16. The van der Waals surface area contributed by atoms with Crippen LogP contribution in [-0.4, -0.2) is 92.5 Å². The summed E-state index contributed by atoms with van der Waals surface area (Å²) in [4.78, 5) is 32.2. The number of hydrogen-bond donors (Lipinski definition) is 0. The van der Waals surface area contributed by atoms with Crippen LogP contribution in [0.1, 0.15) is 33.3 Å². The molecule has 0 spiro atoms. The summed E-state index contributed by atoms with van der Waals surface area (Å²) >= 11 is 1.55. The van der Waals surface area contributed by atoms with E-state index in [-0.39, 0.29) is 18.0 Å². The highest BCUT2D eigenvalue weighted by atomic mass is 32.1. The van der Waals surface area contributed by atoms with Gasteiger partial charge in [0.15, 0.2) is 0 Å². The van der Waals surface area contributed by atoms with Crippen molar-refractivity contribution in [2.75, 3.05) is 60.2 Å². The second-order valence-electron chi connectivity index (χ2n) is 9.78. The number of carbonyl (C=O) groups is 2. The van der Waals surface area contributed by atoms with Crippen molar-refractivity contribution in [3.63, 3.8) is 0 Å². The van der Waals surface area contributed by atoms with Crippen LogP contribution in [0.4, 0.5) is 4.39 Å². The Kier molecular flexibility index (Phi) is 9.28. The van der Waals surface area contributed by atoms with Gasteiger partial charge in [0.05, 0.1) is 44.1 Å². The predicted molar refractivity (Wildman–Crippen MR) is 154 cm³/mol. The van der Waals surface area contributed by atoms with Crippen LogP contribution < -0.4 is 9.47 Å². The summed E-state index contributed by atoms with van der Waals surface area (Å²) in [6.07, 6.45) is 0.474. The number of amides is 2. The van der Waals surface area contributed by atoms with E-state index < -0.39 is 17.8 Å². The molecule has 0 unspecified atom stereocenters. The van der Waals surface area contributed by atoms with Crippen molar-refractivity contribution in [1.82, 2.24) is 14.8 Å². The Morgan fingerprint density at radius 2 is 1.93 bits per heavy atom. The van der Waals surface area contributed by atoms with Gasteiger partial charge in [0, 0.05) is 43.7 Å². The number of hydrazone groups is 1. The monoisotopic (exact) mass is 580 g/mol. The van der Waals surface area contributed by atoms with E-state index in [1.807, 2.05) is 29.6 Å². The van der Waals surface area contributed by atoms with Crippen molar-refractivity contribution in [3.8, 4) is 11.5 Å². The molecule has 2 aromatic carbocycles. The molecule has 1 aromatic heterocycles. The summed E-state index contributed by atoms with van der Waals surface area (Å²) < 4.78 is 30.6. The molecule has 3 aromatic rings. The Morgan fingerprint density at radius 3 is 2.63 bits per heavy atom. The van der Waals surface area contributed by atoms with E-state index in [1.54, 1.807) is 37.7 Å². The van der Waals surface area contributed by atoms with Gasteiger partial charge in [-0.05, 0) is 47.8 Å². The lowest BCUT2D eigenvalue weighted by atomic mass is 9.99. The maximum Gasteiger partial charge on any atom is 0.262 e. The molecular formula is C30H33FN4O5S. The smallest absolute Gasteiger partial charge is 0.262 e. The van der Waals surface area contributed by atoms with Gasteiger partial charge in [-0.25, -0.2) is 9.40 Å². The highest BCUT2D eigenvalue weighted by Crippen LogP contribution is 2.39. The molecule has 41 heavy (non-hydrogen) atoms. The molecule has 9 nitrogen and oxygen atoms in total. The number of ether oxygens (including phenoxy) is 3. The topological polar surface area (TPSA) is 83.9 Å². The standard InChI is InChI=1S/C30H33FN4O5S/c1-38-23-8-9-27(39-2)24(18-23)26-19-25(28-7-4-16-41-28)32-35(26)29(36)20-34(11-10-33-12-14-40-15-13-33)30(37)21-5-3-6-22(31)17-21/h3-9,16-18,26H,10-15,19-20H2,1-2H3/t26-/m0/s1. The average molecular weight is 581 g/mol. The van der Waals surface area contributed by atoms with E-state index in [4.69, 9.17) is 19.3 Å². The summed E-state index contributed by atoms with van der Waals surface area (Å²) in [6, 6.07) is 14.5. The van der Waals surface area contributed by atoms with E-state index in [0.717, 1.165) is 29.2 Å². The van der Waals surface area contributed by atoms with Gasteiger partial charge < -0.3 is 19.1 Å². The summed E-state index contributed by atoms with van der Waals surface area (Å²) in [5.74, 6) is -0.0332. The van der Waals surface area contributed by atoms with Gasteiger partial charge in [-0.3, -0.25) is 14.5 Å². The van der Waals surface area contributed by atoms with E-state index >= 15 is 0 Å². The minimum absolute atomic E-state index is 0.190.